The number of para-hydroxylation sites is 2. The number of aromatic nitrogens is 2. The second-order valence-corrected chi connectivity index (χ2v) is 12.7. The van der Waals surface area contributed by atoms with E-state index >= 15 is 0 Å². The molecular formula is C40H29AlN2O3. The molecule has 0 aliphatic rings. The van der Waals surface area contributed by atoms with E-state index in [0.29, 0.717) is 17.2 Å². The smallest absolute Gasteiger partial charge is 0.577 e. The van der Waals surface area contributed by atoms with Gasteiger partial charge in [0.25, 0.3) is 0 Å². The second-order valence-electron chi connectivity index (χ2n) is 11.4. The highest BCUT2D eigenvalue weighted by Crippen LogP contribution is 2.37. The van der Waals surface area contributed by atoms with Gasteiger partial charge in [0, 0.05) is 27.5 Å². The number of hydrogen-bond acceptors (Lipinski definition) is 5. The number of fused-ring (bicyclic) bond motifs is 4. The van der Waals surface area contributed by atoms with Gasteiger partial charge >= 0.3 is 15.1 Å². The van der Waals surface area contributed by atoms with Crippen LogP contribution in [0, 0.1) is 13.8 Å². The van der Waals surface area contributed by atoms with Gasteiger partial charge in [0.05, 0.1) is 5.75 Å². The Bertz CT molecular complexity index is 2320. The van der Waals surface area contributed by atoms with Gasteiger partial charge in [0.15, 0.2) is 0 Å². The summed E-state index contributed by atoms with van der Waals surface area (Å²) in [5, 5.41) is 6.47. The molecule has 0 atom stereocenters. The first-order valence-corrected chi connectivity index (χ1v) is 16.7. The first-order chi connectivity index (χ1) is 22.6. The first-order valence-electron chi connectivity index (χ1n) is 15.3. The Kier molecular flexibility index (Phi) is 7.23. The van der Waals surface area contributed by atoms with E-state index in [1.807, 2.05) is 74.5 Å². The summed E-state index contributed by atoms with van der Waals surface area (Å²) in [6.45, 7) is 3.96. The lowest BCUT2D eigenvalue weighted by atomic mass is 9.96. The Morgan fingerprint density at radius 3 is 1.65 bits per heavy atom. The van der Waals surface area contributed by atoms with Gasteiger partial charge in [-0.05, 0) is 77.5 Å². The molecule has 2 aromatic heterocycles. The molecule has 0 saturated carbocycles. The molecule has 2 heterocycles. The van der Waals surface area contributed by atoms with Gasteiger partial charge in [0.1, 0.15) is 22.5 Å². The van der Waals surface area contributed by atoms with Crippen LogP contribution in [0.2, 0.25) is 0 Å². The Morgan fingerprint density at radius 1 is 0.435 bits per heavy atom. The van der Waals surface area contributed by atoms with Crippen molar-refractivity contribution in [3.63, 3.8) is 0 Å². The predicted octanol–water partition coefficient (Wildman–Crippen LogP) is 9.89. The molecule has 220 valence electrons. The highest BCUT2D eigenvalue weighted by atomic mass is 27.3. The first kappa shape index (κ1) is 28.1. The minimum atomic E-state index is -2.97. The summed E-state index contributed by atoms with van der Waals surface area (Å²) in [5.74, 6) is 1.95. The summed E-state index contributed by atoms with van der Waals surface area (Å²) < 4.78 is 20.2. The number of aryl methyl sites for hydroxylation is 2. The van der Waals surface area contributed by atoms with Gasteiger partial charge in [-0.3, -0.25) is 0 Å². The summed E-state index contributed by atoms with van der Waals surface area (Å²) >= 11 is -2.97. The molecule has 0 fully saturated rings. The zero-order valence-corrected chi connectivity index (χ0v) is 26.6. The molecule has 0 saturated heterocycles. The quantitative estimate of drug-likeness (QED) is 0.168. The lowest BCUT2D eigenvalue weighted by Gasteiger charge is -2.20. The van der Waals surface area contributed by atoms with E-state index in [-0.39, 0.29) is 0 Å². The van der Waals surface area contributed by atoms with Crippen molar-refractivity contribution >= 4 is 58.5 Å². The lowest BCUT2D eigenvalue weighted by molar-refractivity contribution is 0.311. The molecule has 5 nitrogen and oxygen atoms in total. The predicted molar refractivity (Wildman–Crippen MR) is 187 cm³/mol. The molecule has 0 amide bonds. The van der Waals surface area contributed by atoms with E-state index in [4.69, 9.17) is 21.3 Å². The normalized spacial score (nSPS) is 11.3. The summed E-state index contributed by atoms with van der Waals surface area (Å²) in [7, 11) is 0. The molecule has 6 heteroatoms. The van der Waals surface area contributed by atoms with E-state index in [1.54, 1.807) is 0 Å². The monoisotopic (exact) mass is 612 g/mol. The zero-order valence-electron chi connectivity index (χ0n) is 25.5. The van der Waals surface area contributed by atoms with Crippen LogP contribution in [0.4, 0.5) is 0 Å². The minimum absolute atomic E-state index is 0.624. The Morgan fingerprint density at radius 2 is 0.978 bits per heavy atom. The van der Waals surface area contributed by atoms with Crippen molar-refractivity contribution < 1.29 is 11.4 Å². The van der Waals surface area contributed by atoms with Gasteiger partial charge in [-0.1, -0.05) is 103 Å². The largest absolute Gasteiger partial charge is 1.20 e. The number of nitrogens with zero attached hydrogens (tertiary/aromatic N) is 2. The maximum absolute atomic E-state index is 6.79. The third kappa shape index (κ3) is 5.39. The number of pyridine rings is 2. The van der Waals surface area contributed by atoms with Crippen molar-refractivity contribution in [3.05, 3.63) is 151 Å². The third-order valence-corrected chi connectivity index (χ3v) is 9.60. The number of benzene rings is 6. The highest BCUT2D eigenvalue weighted by molar-refractivity contribution is 6.40. The minimum Gasteiger partial charge on any atom is -0.577 e. The molecule has 0 unspecified atom stereocenters. The standard InChI is InChI=1S/C20H14O.2C10H9NO.Al/c21-20-12-11-17(18-7-3-4-8-19(18)20)16-10-9-14-5-1-2-6-15(14)13-16;2*1-7-5-6-8-3-2-4-9(12)10(8)11-7;/h1-13,21H;2*2-6,12H,1H3;/q;;;+3/p-3. The summed E-state index contributed by atoms with van der Waals surface area (Å²) in [6.07, 6.45) is 0. The molecule has 46 heavy (non-hydrogen) atoms. The zero-order chi connectivity index (χ0) is 31.0. The molecule has 0 aliphatic carbocycles. The van der Waals surface area contributed by atoms with Crippen molar-refractivity contribution in [1.82, 2.24) is 9.97 Å². The van der Waals surface area contributed by atoms with Crippen molar-refractivity contribution in [1.29, 1.82) is 0 Å². The highest BCUT2D eigenvalue weighted by Gasteiger charge is 2.45. The van der Waals surface area contributed by atoms with Crippen LogP contribution < -0.4 is 11.4 Å². The Balaban J connectivity index is 1.22. The summed E-state index contributed by atoms with van der Waals surface area (Å²) in [4.78, 5) is 9.59. The fourth-order valence-electron chi connectivity index (χ4n) is 5.99. The van der Waals surface area contributed by atoms with Gasteiger partial charge in [-0.2, -0.15) is 0 Å². The summed E-state index contributed by atoms with van der Waals surface area (Å²) in [5.41, 5.74) is 5.65. The maximum atomic E-state index is 6.79. The molecular weight excluding hydrogens is 583 g/mol. The van der Waals surface area contributed by atoms with Crippen molar-refractivity contribution in [2.45, 2.75) is 13.8 Å². The average molecular weight is 613 g/mol. The molecule has 8 rings (SSSR count). The van der Waals surface area contributed by atoms with Gasteiger partial charge in [-0.15, -0.1) is 0 Å². The van der Waals surface area contributed by atoms with Crippen LogP contribution in [-0.4, -0.2) is 25.1 Å². The van der Waals surface area contributed by atoms with E-state index < -0.39 is 15.1 Å². The van der Waals surface area contributed by atoms with Crippen LogP contribution in [0.25, 0.3) is 54.5 Å². The Labute approximate surface area is 272 Å². The molecule has 0 aliphatic heterocycles. The van der Waals surface area contributed by atoms with Crippen LogP contribution in [0.15, 0.2) is 140 Å². The van der Waals surface area contributed by atoms with Crippen molar-refractivity contribution in [2.75, 3.05) is 0 Å². The average Bonchev–Trinajstić information content (AvgIpc) is 3.08. The van der Waals surface area contributed by atoms with Gasteiger partial charge in [-0.25, -0.2) is 9.97 Å². The summed E-state index contributed by atoms with van der Waals surface area (Å²) in [6, 6.07) is 47.5. The SMILES string of the molecule is Cc1ccc2cccc([O][Al]([O]c3ccc(-c4ccc5ccccc5c4)c4ccccc34)[O]c3cccc4ccc(C)nc34)c2n1. The molecule has 0 spiro atoms. The van der Waals surface area contributed by atoms with E-state index in [9.17, 15) is 0 Å². The van der Waals surface area contributed by atoms with E-state index in [2.05, 4.69) is 78.9 Å². The van der Waals surface area contributed by atoms with E-state index in [1.165, 1.54) is 10.8 Å². The maximum Gasteiger partial charge on any atom is 1.20 e. The van der Waals surface area contributed by atoms with E-state index in [0.717, 1.165) is 55.1 Å². The Hall–Kier alpha value is -5.41. The number of hydrogen-bond donors (Lipinski definition) is 0. The third-order valence-electron chi connectivity index (χ3n) is 8.26. The van der Waals surface area contributed by atoms with Gasteiger partial charge < -0.3 is 11.4 Å². The molecule has 0 bridgehead atoms. The van der Waals surface area contributed by atoms with Crippen LogP contribution in [0.5, 0.6) is 17.2 Å². The van der Waals surface area contributed by atoms with Crippen LogP contribution in [0.1, 0.15) is 11.4 Å². The fourth-order valence-corrected chi connectivity index (χ4v) is 7.34. The number of rotatable bonds is 7. The topological polar surface area (TPSA) is 53.5 Å². The van der Waals surface area contributed by atoms with Crippen LogP contribution in [0.3, 0.4) is 0 Å². The second kappa shape index (κ2) is 11.8. The molecule has 0 N–H and O–H groups in total. The molecule has 6 aromatic carbocycles. The molecule has 0 radical (unpaired) electrons. The van der Waals surface area contributed by atoms with Crippen LogP contribution >= 0.6 is 0 Å². The molecule has 8 aromatic rings. The van der Waals surface area contributed by atoms with Crippen molar-refractivity contribution in [2.24, 2.45) is 0 Å². The van der Waals surface area contributed by atoms with Crippen molar-refractivity contribution in [3.8, 4) is 28.4 Å². The fraction of sp³-hybridized carbons (Fsp3) is 0.0500. The van der Waals surface area contributed by atoms with Gasteiger partial charge in [0.2, 0.25) is 0 Å². The van der Waals surface area contributed by atoms with Crippen LogP contribution in [-0.2, 0) is 0 Å². The lowest BCUT2D eigenvalue weighted by Crippen LogP contribution is -2.37.